The first-order chi connectivity index (χ1) is 10.0. The van der Waals surface area contributed by atoms with Crippen molar-refractivity contribution < 1.29 is 4.79 Å². The molecule has 5 rings (SSSR count). The number of thiocarbonyl (C=S) groups is 1. The first kappa shape index (κ1) is 13.8. The fraction of sp³-hybridized carbons (Fsp3) is 0.875. The lowest BCUT2D eigenvalue weighted by molar-refractivity contribution is -0.0155. The summed E-state index contributed by atoms with van der Waals surface area (Å²) in [7, 11) is 0. The molecule has 1 saturated heterocycles. The quantitative estimate of drug-likeness (QED) is 0.770. The summed E-state index contributed by atoms with van der Waals surface area (Å²) in [5.74, 6) is 2.55. The van der Waals surface area contributed by atoms with Gasteiger partial charge in [0.2, 0.25) is 0 Å². The molecule has 1 atom stereocenters. The van der Waals surface area contributed by atoms with Gasteiger partial charge in [-0.2, -0.15) is 0 Å². The minimum atomic E-state index is -0.0334. The van der Waals surface area contributed by atoms with Gasteiger partial charge in [0.25, 0.3) is 0 Å². The molecule has 0 radical (unpaired) electrons. The third-order valence-corrected chi connectivity index (χ3v) is 6.52. The summed E-state index contributed by atoms with van der Waals surface area (Å²) in [5, 5.41) is 3.42. The van der Waals surface area contributed by atoms with Gasteiger partial charge in [-0.05, 0) is 69.1 Å². The number of likely N-dealkylation sites (tertiary alicyclic amines) is 1. The summed E-state index contributed by atoms with van der Waals surface area (Å²) in [5.41, 5.74) is 5.88. The van der Waals surface area contributed by atoms with Crippen LogP contribution < -0.4 is 11.1 Å². The Hall–Kier alpha value is -0.840. The Morgan fingerprint density at radius 3 is 2.24 bits per heavy atom. The van der Waals surface area contributed by atoms with Crippen LogP contribution >= 0.6 is 12.2 Å². The van der Waals surface area contributed by atoms with E-state index in [0.717, 1.165) is 37.1 Å². The molecule has 1 aliphatic heterocycles. The highest BCUT2D eigenvalue weighted by molar-refractivity contribution is 7.80. The van der Waals surface area contributed by atoms with Gasteiger partial charge in [0.1, 0.15) is 0 Å². The highest BCUT2D eigenvalue weighted by atomic mass is 32.1. The normalized spacial score (nSPS) is 44.1. The Morgan fingerprint density at radius 2 is 1.71 bits per heavy atom. The average molecular weight is 307 g/mol. The molecule has 4 saturated carbocycles. The van der Waals surface area contributed by atoms with Crippen LogP contribution in [0.1, 0.15) is 51.4 Å². The summed E-state index contributed by atoms with van der Waals surface area (Å²) in [6, 6.07) is 0.0427. The predicted molar refractivity (Wildman–Crippen MR) is 85.9 cm³/mol. The molecule has 4 aliphatic carbocycles. The topological polar surface area (TPSA) is 58.4 Å². The van der Waals surface area contributed by atoms with Crippen LogP contribution in [0.3, 0.4) is 0 Å². The van der Waals surface area contributed by atoms with Crippen LogP contribution in [-0.2, 0) is 0 Å². The van der Waals surface area contributed by atoms with Crippen LogP contribution in [0.5, 0.6) is 0 Å². The maximum atomic E-state index is 12.7. The zero-order valence-corrected chi connectivity index (χ0v) is 13.3. The van der Waals surface area contributed by atoms with Gasteiger partial charge in [-0.1, -0.05) is 12.2 Å². The van der Waals surface area contributed by atoms with Gasteiger partial charge in [-0.15, -0.1) is 0 Å². The predicted octanol–water partition coefficient (Wildman–Crippen LogP) is 2.42. The van der Waals surface area contributed by atoms with Crippen LogP contribution in [0.15, 0.2) is 0 Å². The van der Waals surface area contributed by atoms with Gasteiger partial charge < -0.3 is 16.0 Å². The van der Waals surface area contributed by atoms with Gasteiger partial charge in [0, 0.05) is 12.1 Å². The molecule has 0 aromatic heterocycles. The molecule has 2 amide bonds. The fourth-order valence-corrected chi connectivity index (χ4v) is 6.11. The smallest absolute Gasteiger partial charge is 0.318 e. The Kier molecular flexibility index (Phi) is 3.18. The number of urea groups is 1. The van der Waals surface area contributed by atoms with Crippen LogP contribution in [0.2, 0.25) is 0 Å². The largest absolute Gasteiger partial charge is 0.392 e. The molecule has 0 aromatic carbocycles. The zero-order chi connectivity index (χ0) is 14.6. The van der Waals surface area contributed by atoms with E-state index in [1.807, 2.05) is 4.90 Å². The van der Waals surface area contributed by atoms with Crippen LogP contribution in [0, 0.1) is 17.8 Å². The molecular formula is C16H25N3OS. The Labute approximate surface area is 131 Å². The molecule has 5 aliphatic rings. The van der Waals surface area contributed by atoms with E-state index in [1.54, 1.807) is 0 Å². The first-order valence-electron chi connectivity index (χ1n) is 8.43. The van der Waals surface area contributed by atoms with E-state index in [2.05, 4.69) is 5.32 Å². The van der Waals surface area contributed by atoms with Gasteiger partial charge in [-0.25, -0.2) is 4.79 Å². The van der Waals surface area contributed by atoms with Crippen molar-refractivity contribution in [1.29, 1.82) is 0 Å². The number of rotatable bonds is 2. The number of hydrogen-bond acceptors (Lipinski definition) is 2. The van der Waals surface area contributed by atoms with E-state index in [9.17, 15) is 4.79 Å². The second kappa shape index (κ2) is 4.83. The van der Waals surface area contributed by atoms with E-state index >= 15 is 0 Å². The lowest BCUT2D eigenvalue weighted by Gasteiger charge is -2.57. The molecule has 1 unspecified atom stereocenters. The minimum absolute atomic E-state index is 0.0334. The number of carbonyl (C=O) groups is 1. The average Bonchev–Trinajstić information content (AvgIpc) is 2.85. The molecule has 116 valence electrons. The lowest BCUT2D eigenvalue weighted by atomic mass is 9.53. The van der Waals surface area contributed by atoms with Gasteiger partial charge >= 0.3 is 6.03 Å². The number of hydrogen-bond donors (Lipinski definition) is 2. The molecular weight excluding hydrogens is 282 g/mol. The Morgan fingerprint density at radius 1 is 1.14 bits per heavy atom. The second-order valence-electron chi connectivity index (χ2n) is 7.88. The highest BCUT2D eigenvalue weighted by Gasteiger charge is 2.52. The molecule has 0 spiro atoms. The van der Waals surface area contributed by atoms with E-state index in [1.165, 1.54) is 38.5 Å². The summed E-state index contributed by atoms with van der Waals surface area (Å²) >= 11 is 5.12. The Balaban J connectivity index is 1.48. The maximum absolute atomic E-state index is 12.7. The molecule has 21 heavy (non-hydrogen) atoms. The monoisotopic (exact) mass is 307 g/mol. The third kappa shape index (κ3) is 2.33. The van der Waals surface area contributed by atoms with Gasteiger partial charge in [-0.3, -0.25) is 0 Å². The van der Waals surface area contributed by atoms with E-state index < -0.39 is 0 Å². The summed E-state index contributed by atoms with van der Waals surface area (Å²) in [4.78, 5) is 15.1. The minimum Gasteiger partial charge on any atom is -0.392 e. The number of nitrogens with zero attached hydrogens (tertiary/aromatic N) is 1. The van der Waals surface area contributed by atoms with E-state index in [0.29, 0.717) is 4.99 Å². The maximum Gasteiger partial charge on any atom is 0.318 e. The Bertz CT molecular complexity index is 443. The molecule has 4 nitrogen and oxygen atoms in total. The lowest BCUT2D eigenvalue weighted by Crippen LogP contribution is -2.62. The van der Waals surface area contributed by atoms with Crippen LogP contribution in [0.4, 0.5) is 4.79 Å². The summed E-state index contributed by atoms with van der Waals surface area (Å²) in [6.07, 6.45) is 9.69. The molecule has 4 bridgehead atoms. The zero-order valence-electron chi connectivity index (χ0n) is 12.5. The van der Waals surface area contributed by atoms with Crippen molar-refractivity contribution in [2.24, 2.45) is 23.5 Å². The third-order valence-electron chi connectivity index (χ3n) is 6.25. The van der Waals surface area contributed by atoms with Crippen molar-refractivity contribution in [3.63, 3.8) is 0 Å². The van der Waals surface area contributed by atoms with Crippen molar-refractivity contribution in [2.45, 2.75) is 62.9 Å². The van der Waals surface area contributed by atoms with Crippen LogP contribution in [0.25, 0.3) is 0 Å². The SMILES string of the molecule is NC(=S)C1CCCN1C(=O)NC12CC3CC(CC(C3)C1)C2. The van der Waals surface area contributed by atoms with Crippen molar-refractivity contribution in [1.82, 2.24) is 10.2 Å². The van der Waals surface area contributed by atoms with Crippen molar-refractivity contribution in [2.75, 3.05) is 6.54 Å². The molecule has 5 fully saturated rings. The standard InChI is InChI=1S/C16H25N3OS/c17-14(21)13-2-1-3-19(13)15(20)18-16-7-10-4-11(8-16)6-12(5-10)9-16/h10-13H,1-9H2,(H2,17,21)(H,18,20). The van der Waals surface area contributed by atoms with Gasteiger partial charge in [0.05, 0.1) is 11.0 Å². The van der Waals surface area contributed by atoms with Crippen LogP contribution in [-0.4, -0.2) is 34.0 Å². The summed E-state index contributed by atoms with van der Waals surface area (Å²) < 4.78 is 0. The van der Waals surface area contributed by atoms with E-state index in [4.69, 9.17) is 18.0 Å². The molecule has 0 aromatic rings. The van der Waals surface area contributed by atoms with Gasteiger partial charge in [0.15, 0.2) is 0 Å². The highest BCUT2D eigenvalue weighted by Crippen LogP contribution is 2.55. The first-order valence-corrected chi connectivity index (χ1v) is 8.84. The van der Waals surface area contributed by atoms with Crippen molar-refractivity contribution in [3.05, 3.63) is 0 Å². The number of nitrogens with one attached hydrogen (secondary N) is 1. The number of nitrogens with two attached hydrogens (primary N) is 1. The van der Waals surface area contributed by atoms with Crippen molar-refractivity contribution in [3.8, 4) is 0 Å². The summed E-state index contributed by atoms with van der Waals surface area (Å²) in [6.45, 7) is 0.792. The molecule has 3 N–H and O–H groups in total. The fourth-order valence-electron chi connectivity index (χ4n) is 5.87. The number of amides is 2. The van der Waals surface area contributed by atoms with Crippen molar-refractivity contribution >= 4 is 23.2 Å². The van der Waals surface area contributed by atoms with E-state index in [-0.39, 0.29) is 17.6 Å². The molecule has 1 heterocycles. The second-order valence-corrected chi connectivity index (χ2v) is 8.35. The molecule has 5 heteroatoms. The number of carbonyl (C=O) groups excluding carboxylic acids is 1.